The summed E-state index contributed by atoms with van der Waals surface area (Å²) in [4.78, 5) is 41.2. The standard InChI is InChI=1S/C33H29F6N5O5/c1-16-7-18-8-22(29(16)36)26(11-28(46)47)40-31(48)30(21-9-20(3-4-25(21)35)49-32-23(18)15-42(2)41-32)44-12-17(5-6-43-13-19(34)14-43)24(10-27(44)45)33(37,38)39/h3-4,7-10,12,15,19,26,30H,5-6,11,13-14H2,1-2H3,(H,40,48)(H,46,47). The fourth-order valence-electron chi connectivity index (χ4n) is 6.16. The number of nitrogens with one attached hydrogen (secondary N) is 1. The predicted octanol–water partition coefficient (Wildman–Crippen LogP) is 5.08. The number of hydrogen-bond acceptors (Lipinski definition) is 6. The zero-order valence-corrected chi connectivity index (χ0v) is 26.0. The lowest BCUT2D eigenvalue weighted by atomic mass is 9.94. The van der Waals surface area contributed by atoms with Crippen molar-refractivity contribution in [3.05, 3.63) is 98.6 Å². The molecule has 0 spiro atoms. The van der Waals surface area contributed by atoms with Gasteiger partial charge in [-0.15, -0.1) is 5.10 Å². The third-order valence-corrected chi connectivity index (χ3v) is 8.54. The summed E-state index contributed by atoms with van der Waals surface area (Å²) in [5.41, 5.74) is -3.03. The number of amides is 1. The quantitative estimate of drug-likeness (QED) is 0.271. The summed E-state index contributed by atoms with van der Waals surface area (Å²) in [6.07, 6.45) is -4.90. The normalized spacial score (nSPS) is 18.3. The Labute approximate surface area is 274 Å². The minimum Gasteiger partial charge on any atom is -0.481 e. The van der Waals surface area contributed by atoms with Crippen molar-refractivity contribution in [3.8, 4) is 22.8 Å². The highest BCUT2D eigenvalue weighted by atomic mass is 19.4. The number of carboxylic acids is 1. The number of aryl methyl sites for hydroxylation is 2. The van der Waals surface area contributed by atoms with Gasteiger partial charge in [0.25, 0.3) is 5.56 Å². The van der Waals surface area contributed by atoms with Crippen LogP contribution in [0.4, 0.5) is 26.3 Å². The molecular weight excluding hydrogens is 660 g/mol. The van der Waals surface area contributed by atoms with Crippen LogP contribution in [0, 0.1) is 18.6 Å². The van der Waals surface area contributed by atoms with Crippen molar-refractivity contribution in [2.45, 2.75) is 44.2 Å². The Bertz CT molecular complexity index is 2020. The number of fused-ring (bicyclic) bond motifs is 6. The average Bonchev–Trinajstić information content (AvgIpc) is 3.36. The lowest BCUT2D eigenvalue weighted by Gasteiger charge is -2.34. The smallest absolute Gasteiger partial charge is 0.416 e. The van der Waals surface area contributed by atoms with Crippen molar-refractivity contribution in [1.82, 2.24) is 24.6 Å². The third-order valence-electron chi connectivity index (χ3n) is 8.54. The average molecular weight is 690 g/mol. The van der Waals surface area contributed by atoms with E-state index in [-0.39, 0.29) is 54.9 Å². The first-order valence-electron chi connectivity index (χ1n) is 15.1. The van der Waals surface area contributed by atoms with Gasteiger partial charge >= 0.3 is 12.1 Å². The molecule has 2 aliphatic heterocycles. The van der Waals surface area contributed by atoms with Crippen LogP contribution >= 0.6 is 0 Å². The highest BCUT2D eigenvalue weighted by molar-refractivity contribution is 5.85. The van der Waals surface area contributed by atoms with E-state index in [1.165, 1.54) is 29.8 Å². The Kier molecular flexibility index (Phi) is 8.77. The Morgan fingerprint density at radius 3 is 2.49 bits per heavy atom. The number of halogens is 6. The lowest BCUT2D eigenvalue weighted by molar-refractivity contribution is -0.139. The van der Waals surface area contributed by atoms with Crippen molar-refractivity contribution in [3.63, 3.8) is 0 Å². The first-order valence-corrected chi connectivity index (χ1v) is 15.1. The number of hydrogen-bond donors (Lipinski definition) is 2. The van der Waals surface area contributed by atoms with Crippen LogP contribution in [0.5, 0.6) is 11.6 Å². The molecule has 1 amide bonds. The molecule has 2 atom stereocenters. The van der Waals surface area contributed by atoms with E-state index >= 15 is 8.78 Å². The molecule has 2 aliphatic rings. The number of carboxylic acid groups (broad SMARTS) is 1. The van der Waals surface area contributed by atoms with Crippen LogP contribution in [-0.2, 0) is 29.2 Å². The summed E-state index contributed by atoms with van der Waals surface area (Å²) >= 11 is 0. The van der Waals surface area contributed by atoms with Gasteiger partial charge < -0.3 is 15.2 Å². The van der Waals surface area contributed by atoms with Gasteiger partial charge in [0.1, 0.15) is 29.6 Å². The molecule has 4 heterocycles. The maximum atomic E-state index is 15.7. The van der Waals surface area contributed by atoms with Gasteiger partial charge in [0, 0.05) is 56.3 Å². The SMILES string of the molecule is Cc1cc2cc(c1F)C(CC(=O)O)NC(=O)C(n1cc(CCN3CC(F)C3)c(C(F)(F)F)cc1=O)c1cc(ccc1F)Oc1nn(C)cc1-2. The van der Waals surface area contributed by atoms with E-state index in [0.717, 1.165) is 18.3 Å². The van der Waals surface area contributed by atoms with Gasteiger partial charge in [-0.05, 0) is 60.4 Å². The van der Waals surface area contributed by atoms with Crippen LogP contribution < -0.4 is 15.6 Å². The van der Waals surface area contributed by atoms with Crippen molar-refractivity contribution in [1.29, 1.82) is 0 Å². The monoisotopic (exact) mass is 689 g/mol. The number of nitrogens with zero attached hydrogens (tertiary/aromatic N) is 4. The summed E-state index contributed by atoms with van der Waals surface area (Å²) in [6, 6.07) is 2.69. The predicted molar refractivity (Wildman–Crippen MR) is 162 cm³/mol. The number of aromatic nitrogens is 3. The van der Waals surface area contributed by atoms with E-state index in [0.29, 0.717) is 15.7 Å². The van der Waals surface area contributed by atoms with Crippen LogP contribution in [0.25, 0.3) is 11.1 Å². The number of carbonyl (C=O) groups excluding carboxylic acids is 1. The van der Waals surface area contributed by atoms with Gasteiger partial charge in [0.2, 0.25) is 11.8 Å². The second-order valence-corrected chi connectivity index (χ2v) is 12.1. The fraction of sp³-hybridized carbons (Fsp3) is 0.333. The third kappa shape index (κ3) is 6.77. The van der Waals surface area contributed by atoms with Gasteiger partial charge in [-0.2, -0.15) is 13.2 Å². The number of carbonyl (C=O) groups is 2. The summed E-state index contributed by atoms with van der Waals surface area (Å²) in [5, 5.41) is 16.5. The van der Waals surface area contributed by atoms with Gasteiger partial charge in [0.15, 0.2) is 0 Å². The second kappa shape index (κ2) is 12.7. The first kappa shape index (κ1) is 33.8. The van der Waals surface area contributed by atoms with Crippen molar-refractivity contribution in [2.75, 3.05) is 19.6 Å². The number of rotatable bonds is 6. The van der Waals surface area contributed by atoms with Crippen molar-refractivity contribution in [2.24, 2.45) is 7.05 Å². The lowest BCUT2D eigenvalue weighted by Crippen LogP contribution is -2.49. The minimum atomic E-state index is -4.98. The van der Waals surface area contributed by atoms with E-state index in [1.807, 2.05) is 0 Å². The summed E-state index contributed by atoms with van der Waals surface area (Å²) < 4.78 is 95.3. The molecule has 6 rings (SSSR count). The molecule has 0 aliphatic carbocycles. The molecule has 1 saturated heterocycles. The number of likely N-dealkylation sites (tertiary alicyclic amines) is 1. The van der Waals surface area contributed by atoms with Crippen LogP contribution in [0.1, 0.15) is 46.3 Å². The molecule has 2 N–H and O–H groups in total. The molecule has 2 aromatic carbocycles. The molecule has 2 unspecified atom stereocenters. The molecule has 16 heteroatoms. The van der Waals surface area contributed by atoms with Gasteiger partial charge in [0.05, 0.1) is 23.6 Å². The number of pyridine rings is 1. The molecule has 0 radical (unpaired) electrons. The highest BCUT2D eigenvalue weighted by Crippen LogP contribution is 2.38. The zero-order chi connectivity index (χ0) is 35.4. The summed E-state index contributed by atoms with van der Waals surface area (Å²) in [5.74, 6) is -4.64. The van der Waals surface area contributed by atoms with E-state index < -0.39 is 76.6 Å². The second-order valence-electron chi connectivity index (χ2n) is 12.1. The van der Waals surface area contributed by atoms with Crippen LogP contribution in [0.15, 0.2) is 53.6 Å². The molecule has 0 saturated carbocycles. The van der Waals surface area contributed by atoms with Crippen LogP contribution in [0.2, 0.25) is 0 Å². The molecule has 4 aromatic rings. The number of ether oxygens (including phenoxy) is 1. The van der Waals surface area contributed by atoms with Crippen LogP contribution in [-0.4, -0.2) is 62.0 Å². The number of aliphatic carboxylic acids is 1. The van der Waals surface area contributed by atoms with E-state index in [2.05, 4.69) is 10.4 Å². The number of benzene rings is 2. The molecule has 10 nitrogen and oxygen atoms in total. The topological polar surface area (TPSA) is 119 Å². The van der Waals surface area contributed by atoms with E-state index in [1.54, 1.807) is 18.1 Å². The first-order chi connectivity index (χ1) is 23.1. The summed E-state index contributed by atoms with van der Waals surface area (Å²) in [6.45, 7) is 1.46. The van der Waals surface area contributed by atoms with Gasteiger partial charge in [-0.1, -0.05) is 0 Å². The summed E-state index contributed by atoms with van der Waals surface area (Å²) in [7, 11) is 1.59. The van der Waals surface area contributed by atoms with E-state index in [4.69, 9.17) is 4.74 Å². The molecule has 4 bridgehead atoms. The Balaban J connectivity index is 1.56. The molecular formula is C33H29F6N5O5. The fourth-order valence-corrected chi connectivity index (χ4v) is 6.16. The highest BCUT2D eigenvalue weighted by Gasteiger charge is 2.38. The largest absolute Gasteiger partial charge is 0.481 e. The Hall–Kier alpha value is -5.12. The molecule has 49 heavy (non-hydrogen) atoms. The molecule has 258 valence electrons. The Morgan fingerprint density at radius 1 is 1.08 bits per heavy atom. The van der Waals surface area contributed by atoms with Gasteiger partial charge in [-0.25, -0.2) is 13.2 Å². The molecule has 1 fully saturated rings. The Morgan fingerprint density at radius 2 is 1.82 bits per heavy atom. The van der Waals surface area contributed by atoms with E-state index in [9.17, 15) is 37.1 Å². The number of alkyl halides is 4. The van der Waals surface area contributed by atoms with Crippen LogP contribution in [0.3, 0.4) is 0 Å². The molecule has 2 aromatic heterocycles. The zero-order valence-electron chi connectivity index (χ0n) is 26.0. The van der Waals surface area contributed by atoms with Crippen molar-refractivity contribution < 1.29 is 45.8 Å². The van der Waals surface area contributed by atoms with Gasteiger partial charge in [-0.3, -0.25) is 28.5 Å². The minimum absolute atomic E-state index is 0.00167. The maximum absolute atomic E-state index is 15.7. The van der Waals surface area contributed by atoms with Crippen molar-refractivity contribution >= 4 is 11.9 Å². The maximum Gasteiger partial charge on any atom is 0.416 e.